The highest BCUT2D eigenvalue weighted by atomic mass is 32.2. The fraction of sp³-hybridized carbons (Fsp3) is 0.0909. The van der Waals surface area contributed by atoms with Crippen molar-refractivity contribution < 1.29 is 27.1 Å². The predicted octanol–water partition coefficient (Wildman–Crippen LogP) is 3.10. The van der Waals surface area contributed by atoms with E-state index in [1.165, 1.54) is 48.5 Å². The SMILES string of the molecule is O=C(COC(=O)c1cccc(S(=O)(=O)NCc2ccccc2)c1)Nc1ccc(F)cc1. The molecule has 0 aromatic heterocycles. The standard InChI is InChI=1S/C22H19FN2O5S/c23-18-9-11-19(12-10-18)25-21(26)15-30-22(27)17-7-4-8-20(13-17)31(28,29)24-14-16-5-2-1-3-6-16/h1-13,24H,14-15H2,(H,25,26). The Hall–Kier alpha value is -3.56. The van der Waals surface area contributed by atoms with E-state index in [0.29, 0.717) is 5.69 Å². The normalized spacial score (nSPS) is 11.0. The summed E-state index contributed by atoms with van der Waals surface area (Å²) in [7, 11) is -3.86. The van der Waals surface area contributed by atoms with E-state index in [1.807, 2.05) is 6.07 Å². The number of nitrogens with one attached hydrogen (secondary N) is 2. The lowest BCUT2D eigenvalue weighted by molar-refractivity contribution is -0.119. The van der Waals surface area contributed by atoms with E-state index in [9.17, 15) is 22.4 Å². The summed E-state index contributed by atoms with van der Waals surface area (Å²) < 4.78 is 45.3. The summed E-state index contributed by atoms with van der Waals surface area (Å²) in [4.78, 5) is 24.0. The molecule has 0 saturated heterocycles. The maximum Gasteiger partial charge on any atom is 0.338 e. The van der Waals surface area contributed by atoms with E-state index in [1.54, 1.807) is 24.3 Å². The highest BCUT2D eigenvalue weighted by Crippen LogP contribution is 2.14. The number of amides is 1. The molecule has 160 valence electrons. The Balaban J connectivity index is 1.58. The van der Waals surface area contributed by atoms with Gasteiger partial charge in [0.25, 0.3) is 5.91 Å². The zero-order valence-electron chi connectivity index (χ0n) is 16.2. The van der Waals surface area contributed by atoms with Crippen LogP contribution in [0.25, 0.3) is 0 Å². The molecule has 3 aromatic rings. The van der Waals surface area contributed by atoms with Gasteiger partial charge in [0, 0.05) is 12.2 Å². The van der Waals surface area contributed by atoms with Crippen molar-refractivity contribution in [1.82, 2.24) is 4.72 Å². The van der Waals surface area contributed by atoms with Crippen LogP contribution in [0.3, 0.4) is 0 Å². The van der Waals surface area contributed by atoms with Crippen molar-refractivity contribution in [3.05, 3.63) is 95.8 Å². The summed E-state index contributed by atoms with van der Waals surface area (Å²) in [6.07, 6.45) is 0. The number of halogens is 1. The minimum absolute atomic E-state index is 0.0165. The van der Waals surface area contributed by atoms with Gasteiger partial charge in [-0.2, -0.15) is 0 Å². The zero-order valence-corrected chi connectivity index (χ0v) is 17.1. The van der Waals surface area contributed by atoms with Crippen LogP contribution >= 0.6 is 0 Å². The van der Waals surface area contributed by atoms with Crippen LogP contribution in [-0.2, 0) is 26.1 Å². The van der Waals surface area contributed by atoms with Crippen LogP contribution in [0.5, 0.6) is 0 Å². The number of hydrogen-bond acceptors (Lipinski definition) is 5. The number of rotatable bonds is 8. The molecule has 0 spiro atoms. The first-order chi connectivity index (χ1) is 14.8. The fourth-order valence-electron chi connectivity index (χ4n) is 2.59. The summed E-state index contributed by atoms with van der Waals surface area (Å²) >= 11 is 0. The first-order valence-corrected chi connectivity index (χ1v) is 10.7. The van der Waals surface area contributed by atoms with Gasteiger partial charge in [-0.3, -0.25) is 4.79 Å². The monoisotopic (exact) mass is 442 g/mol. The molecule has 3 rings (SSSR count). The van der Waals surface area contributed by atoms with Gasteiger partial charge in [-0.05, 0) is 48.0 Å². The molecule has 0 radical (unpaired) electrons. The van der Waals surface area contributed by atoms with Crippen molar-refractivity contribution in [2.45, 2.75) is 11.4 Å². The van der Waals surface area contributed by atoms with Gasteiger partial charge in [0.15, 0.2) is 6.61 Å². The third-order valence-corrected chi connectivity index (χ3v) is 5.55. The zero-order chi connectivity index (χ0) is 22.3. The van der Waals surface area contributed by atoms with Crippen LogP contribution in [-0.4, -0.2) is 26.9 Å². The molecule has 0 aliphatic carbocycles. The molecule has 9 heteroatoms. The quantitative estimate of drug-likeness (QED) is 0.522. The lowest BCUT2D eigenvalue weighted by atomic mass is 10.2. The summed E-state index contributed by atoms with van der Waals surface area (Å²) in [5, 5.41) is 2.46. The van der Waals surface area contributed by atoms with Gasteiger partial charge in [0.1, 0.15) is 5.82 Å². The van der Waals surface area contributed by atoms with E-state index < -0.39 is 34.3 Å². The molecular weight excluding hydrogens is 423 g/mol. The summed E-state index contributed by atoms with van der Waals surface area (Å²) in [5.41, 5.74) is 1.12. The maximum absolute atomic E-state index is 12.9. The van der Waals surface area contributed by atoms with Crippen molar-refractivity contribution in [2.24, 2.45) is 0 Å². The molecule has 0 aliphatic heterocycles. The van der Waals surface area contributed by atoms with Crippen LogP contribution in [0.15, 0.2) is 83.8 Å². The Kier molecular flexibility index (Phi) is 7.11. The highest BCUT2D eigenvalue weighted by Gasteiger charge is 2.17. The van der Waals surface area contributed by atoms with E-state index >= 15 is 0 Å². The summed E-state index contributed by atoms with van der Waals surface area (Å²) in [6.45, 7) is -0.485. The third-order valence-electron chi connectivity index (χ3n) is 4.15. The Bertz CT molecular complexity index is 1170. The molecule has 7 nitrogen and oxygen atoms in total. The van der Waals surface area contributed by atoms with Gasteiger partial charge in [0.2, 0.25) is 10.0 Å². The number of benzene rings is 3. The molecule has 2 N–H and O–H groups in total. The van der Waals surface area contributed by atoms with E-state index in [0.717, 1.165) is 5.56 Å². The lowest BCUT2D eigenvalue weighted by Crippen LogP contribution is -2.24. The Morgan fingerprint density at radius 2 is 1.61 bits per heavy atom. The van der Waals surface area contributed by atoms with Crippen LogP contribution in [0.1, 0.15) is 15.9 Å². The average Bonchev–Trinajstić information content (AvgIpc) is 2.78. The Labute approximate surface area is 178 Å². The van der Waals surface area contributed by atoms with Gasteiger partial charge < -0.3 is 10.1 Å². The number of ether oxygens (including phenoxy) is 1. The number of anilines is 1. The molecule has 0 saturated carbocycles. The van der Waals surface area contributed by atoms with Gasteiger partial charge in [-0.1, -0.05) is 36.4 Å². The number of carbonyl (C=O) groups excluding carboxylic acids is 2. The van der Waals surface area contributed by atoms with Crippen LogP contribution in [0.4, 0.5) is 10.1 Å². The van der Waals surface area contributed by atoms with Gasteiger partial charge in [0.05, 0.1) is 10.5 Å². The predicted molar refractivity (Wildman–Crippen MR) is 112 cm³/mol. The van der Waals surface area contributed by atoms with Crippen LogP contribution < -0.4 is 10.0 Å². The molecule has 0 heterocycles. The smallest absolute Gasteiger partial charge is 0.338 e. The molecule has 3 aromatic carbocycles. The maximum atomic E-state index is 12.9. The van der Waals surface area contributed by atoms with Crippen molar-refractivity contribution in [3.8, 4) is 0 Å². The molecule has 1 amide bonds. The van der Waals surface area contributed by atoms with Gasteiger partial charge >= 0.3 is 5.97 Å². The Morgan fingerprint density at radius 1 is 0.903 bits per heavy atom. The molecular formula is C22H19FN2O5S. The second-order valence-corrected chi connectivity index (χ2v) is 8.24. The number of hydrogen-bond donors (Lipinski definition) is 2. The van der Waals surface area contributed by atoms with Crippen LogP contribution in [0.2, 0.25) is 0 Å². The van der Waals surface area contributed by atoms with Crippen molar-refractivity contribution >= 4 is 27.6 Å². The number of esters is 1. The van der Waals surface area contributed by atoms with Crippen molar-refractivity contribution in [2.75, 3.05) is 11.9 Å². The molecule has 0 bridgehead atoms. The fourth-order valence-corrected chi connectivity index (χ4v) is 3.66. The second kappa shape index (κ2) is 9.96. The van der Waals surface area contributed by atoms with Gasteiger partial charge in [-0.25, -0.2) is 22.3 Å². The first-order valence-electron chi connectivity index (χ1n) is 9.20. The minimum atomic E-state index is -3.86. The second-order valence-electron chi connectivity index (χ2n) is 6.47. The van der Waals surface area contributed by atoms with Crippen LogP contribution in [0, 0.1) is 5.82 Å². The highest BCUT2D eigenvalue weighted by molar-refractivity contribution is 7.89. The summed E-state index contributed by atoms with van der Waals surface area (Å²) in [5.74, 6) is -1.92. The number of sulfonamides is 1. The number of carbonyl (C=O) groups is 2. The lowest BCUT2D eigenvalue weighted by Gasteiger charge is -2.09. The first kappa shape index (κ1) is 22.1. The third kappa shape index (κ3) is 6.46. The van der Waals surface area contributed by atoms with E-state index in [4.69, 9.17) is 4.74 Å². The average molecular weight is 442 g/mol. The van der Waals surface area contributed by atoms with E-state index in [2.05, 4.69) is 10.0 Å². The van der Waals surface area contributed by atoms with Gasteiger partial charge in [-0.15, -0.1) is 0 Å². The molecule has 0 unspecified atom stereocenters. The van der Waals surface area contributed by atoms with E-state index in [-0.39, 0.29) is 17.0 Å². The van der Waals surface area contributed by atoms with Crippen molar-refractivity contribution in [1.29, 1.82) is 0 Å². The molecule has 0 fully saturated rings. The summed E-state index contributed by atoms with van der Waals surface area (Å²) in [6, 6.07) is 19.4. The minimum Gasteiger partial charge on any atom is -0.452 e. The molecule has 0 aliphatic rings. The topological polar surface area (TPSA) is 102 Å². The molecule has 0 atom stereocenters. The van der Waals surface area contributed by atoms with Crippen molar-refractivity contribution in [3.63, 3.8) is 0 Å². The largest absolute Gasteiger partial charge is 0.452 e. The molecule has 31 heavy (non-hydrogen) atoms. The Morgan fingerprint density at radius 3 is 2.32 bits per heavy atom.